The zero-order valence-corrected chi connectivity index (χ0v) is 16.5. The topological polar surface area (TPSA) is 83.7 Å². The van der Waals surface area contributed by atoms with Gasteiger partial charge in [0.2, 0.25) is 15.9 Å². The van der Waals surface area contributed by atoms with E-state index in [0.29, 0.717) is 18.8 Å². The Kier molecular flexibility index (Phi) is 5.48. The van der Waals surface area contributed by atoms with Crippen LogP contribution in [0.3, 0.4) is 0 Å². The molecule has 0 saturated carbocycles. The SMILES string of the molecule is Cc1cccc(/C=C/C(=O)N2CCN(S(=O)(=O)c3c(C)noc3C)CC2)c1. The molecule has 1 aromatic carbocycles. The first-order valence-corrected chi connectivity index (χ1v) is 10.2. The van der Waals surface area contributed by atoms with Crippen LogP contribution in [0.5, 0.6) is 0 Å². The third-order valence-corrected chi connectivity index (χ3v) is 6.72. The van der Waals surface area contributed by atoms with Crippen molar-refractivity contribution in [3.63, 3.8) is 0 Å². The smallest absolute Gasteiger partial charge is 0.248 e. The van der Waals surface area contributed by atoms with Gasteiger partial charge in [0.1, 0.15) is 10.6 Å². The van der Waals surface area contributed by atoms with Crippen LogP contribution >= 0.6 is 0 Å². The Bertz CT molecular complexity index is 951. The molecule has 0 N–H and O–H groups in total. The molecule has 0 unspecified atom stereocenters. The van der Waals surface area contributed by atoms with Crippen molar-refractivity contribution >= 4 is 22.0 Å². The highest BCUT2D eigenvalue weighted by Crippen LogP contribution is 2.24. The molecule has 1 fully saturated rings. The average molecular weight is 389 g/mol. The molecule has 8 heteroatoms. The van der Waals surface area contributed by atoms with Gasteiger partial charge >= 0.3 is 0 Å². The second-order valence-corrected chi connectivity index (χ2v) is 8.50. The van der Waals surface area contributed by atoms with E-state index in [2.05, 4.69) is 5.16 Å². The highest BCUT2D eigenvalue weighted by Gasteiger charge is 2.33. The largest absolute Gasteiger partial charge is 0.360 e. The zero-order valence-electron chi connectivity index (χ0n) is 15.7. The van der Waals surface area contributed by atoms with Gasteiger partial charge in [0.05, 0.1) is 0 Å². The number of carbonyl (C=O) groups is 1. The van der Waals surface area contributed by atoms with E-state index in [4.69, 9.17) is 4.52 Å². The van der Waals surface area contributed by atoms with Crippen molar-refractivity contribution in [2.45, 2.75) is 25.7 Å². The first kappa shape index (κ1) is 19.3. The van der Waals surface area contributed by atoms with Crippen molar-refractivity contribution in [1.82, 2.24) is 14.4 Å². The van der Waals surface area contributed by atoms with Gasteiger partial charge in [-0.05, 0) is 32.4 Å². The lowest BCUT2D eigenvalue weighted by Gasteiger charge is -2.33. The summed E-state index contributed by atoms with van der Waals surface area (Å²) in [5.74, 6) is 0.165. The molecule has 2 aromatic rings. The van der Waals surface area contributed by atoms with Crippen LogP contribution in [0.4, 0.5) is 0 Å². The Balaban J connectivity index is 1.64. The highest BCUT2D eigenvalue weighted by molar-refractivity contribution is 7.89. The van der Waals surface area contributed by atoms with E-state index in [1.807, 2.05) is 31.2 Å². The molecule has 144 valence electrons. The molecule has 1 amide bonds. The van der Waals surface area contributed by atoms with E-state index in [1.54, 1.807) is 24.8 Å². The normalized spacial score (nSPS) is 16.2. The number of amides is 1. The maximum absolute atomic E-state index is 12.8. The minimum absolute atomic E-state index is 0.120. The van der Waals surface area contributed by atoms with E-state index in [-0.39, 0.29) is 29.7 Å². The van der Waals surface area contributed by atoms with Gasteiger partial charge in [-0.25, -0.2) is 8.42 Å². The maximum Gasteiger partial charge on any atom is 0.248 e. The Morgan fingerprint density at radius 3 is 2.44 bits per heavy atom. The summed E-state index contributed by atoms with van der Waals surface area (Å²) in [7, 11) is -3.67. The van der Waals surface area contributed by atoms with Crippen LogP contribution < -0.4 is 0 Å². The number of aromatic nitrogens is 1. The van der Waals surface area contributed by atoms with Gasteiger partial charge in [0.25, 0.3) is 0 Å². The fourth-order valence-corrected chi connectivity index (χ4v) is 4.88. The minimum Gasteiger partial charge on any atom is -0.360 e. The van der Waals surface area contributed by atoms with Crippen molar-refractivity contribution in [3.8, 4) is 0 Å². The number of hydrogen-bond acceptors (Lipinski definition) is 5. The summed E-state index contributed by atoms with van der Waals surface area (Å²) in [5.41, 5.74) is 2.44. The third kappa shape index (κ3) is 4.12. The van der Waals surface area contributed by atoms with Crippen molar-refractivity contribution in [2.24, 2.45) is 0 Å². The predicted octanol–water partition coefficient (Wildman–Crippen LogP) is 2.15. The molecule has 27 heavy (non-hydrogen) atoms. The van der Waals surface area contributed by atoms with Gasteiger partial charge in [0, 0.05) is 32.3 Å². The second-order valence-electron chi connectivity index (χ2n) is 6.63. The van der Waals surface area contributed by atoms with Crippen LogP contribution in [0.2, 0.25) is 0 Å². The van der Waals surface area contributed by atoms with E-state index in [9.17, 15) is 13.2 Å². The summed E-state index contributed by atoms with van der Waals surface area (Å²) in [6.07, 6.45) is 3.32. The van der Waals surface area contributed by atoms with Crippen molar-refractivity contribution in [2.75, 3.05) is 26.2 Å². The number of benzene rings is 1. The van der Waals surface area contributed by atoms with Crippen molar-refractivity contribution < 1.29 is 17.7 Å². The molecule has 0 spiro atoms. The van der Waals surface area contributed by atoms with Crippen LogP contribution in [0.25, 0.3) is 6.08 Å². The molecular formula is C19H23N3O4S. The maximum atomic E-state index is 12.8. The van der Waals surface area contributed by atoms with Gasteiger partial charge < -0.3 is 9.42 Å². The second kappa shape index (κ2) is 7.66. The number of hydrogen-bond donors (Lipinski definition) is 0. The summed E-state index contributed by atoms with van der Waals surface area (Å²) in [6, 6.07) is 7.87. The number of sulfonamides is 1. The van der Waals surface area contributed by atoms with E-state index in [0.717, 1.165) is 11.1 Å². The predicted molar refractivity (Wildman–Crippen MR) is 102 cm³/mol. The number of piperazine rings is 1. The third-order valence-electron chi connectivity index (χ3n) is 4.58. The number of rotatable bonds is 4. The molecule has 1 aromatic heterocycles. The highest BCUT2D eigenvalue weighted by atomic mass is 32.2. The first-order chi connectivity index (χ1) is 12.8. The molecule has 0 aliphatic carbocycles. The first-order valence-electron chi connectivity index (χ1n) is 8.76. The Morgan fingerprint density at radius 1 is 1.15 bits per heavy atom. The molecule has 2 heterocycles. The Labute approximate surface area is 159 Å². The number of aryl methyl sites for hydroxylation is 3. The summed E-state index contributed by atoms with van der Waals surface area (Å²) >= 11 is 0. The number of nitrogens with zero attached hydrogens (tertiary/aromatic N) is 3. The molecule has 1 aliphatic heterocycles. The van der Waals surface area contributed by atoms with Gasteiger partial charge in [-0.2, -0.15) is 4.31 Å². The lowest BCUT2D eigenvalue weighted by Crippen LogP contribution is -2.50. The Hall–Kier alpha value is -2.45. The molecule has 0 bridgehead atoms. The number of carbonyl (C=O) groups excluding carboxylic acids is 1. The van der Waals surface area contributed by atoms with Crippen LogP contribution in [0.15, 0.2) is 39.8 Å². The van der Waals surface area contributed by atoms with Crippen LogP contribution in [0, 0.1) is 20.8 Å². The molecule has 3 rings (SSSR count). The zero-order chi connectivity index (χ0) is 19.6. The minimum atomic E-state index is -3.67. The monoisotopic (exact) mass is 389 g/mol. The van der Waals surface area contributed by atoms with Gasteiger partial charge in [-0.15, -0.1) is 0 Å². The van der Waals surface area contributed by atoms with E-state index in [1.165, 1.54) is 10.4 Å². The summed E-state index contributed by atoms with van der Waals surface area (Å²) in [6.45, 7) is 6.38. The Morgan fingerprint density at radius 2 is 1.85 bits per heavy atom. The molecule has 0 radical (unpaired) electrons. The van der Waals surface area contributed by atoms with E-state index >= 15 is 0 Å². The molecule has 1 saturated heterocycles. The van der Waals surface area contributed by atoms with Crippen LogP contribution in [-0.4, -0.2) is 54.9 Å². The van der Waals surface area contributed by atoms with Gasteiger partial charge in [-0.1, -0.05) is 35.0 Å². The van der Waals surface area contributed by atoms with Gasteiger partial charge in [0.15, 0.2) is 5.76 Å². The van der Waals surface area contributed by atoms with Crippen LogP contribution in [-0.2, 0) is 14.8 Å². The fourth-order valence-electron chi connectivity index (χ4n) is 3.17. The quantitative estimate of drug-likeness (QED) is 0.748. The molecular weight excluding hydrogens is 366 g/mol. The standard InChI is InChI=1S/C19H23N3O4S/c1-14-5-4-6-17(13-14)7-8-18(23)21-9-11-22(12-10-21)27(24,25)19-15(2)20-26-16(19)3/h4-8,13H,9-12H2,1-3H3/b8-7+. The average Bonchev–Trinajstić information content (AvgIpc) is 2.99. The van der Waals surface area contributed by atoms with Gasteiger partial charge in [-0.3, -0.25) is 4.79 Å². The van der Waals surface area contributed by atoms with Crippen LogP contribution in [0.1, 0.15) is 22.6 Å². The van der Waals surface area contributed by atoms with Crippen molar-refractivity contribution in [1.29, 1.82) is 0 Å². The summed E-state index contributed by atoms with van der Waals surface area (Å²) < 4.78 is 32.0. The van der Waals surface area contributed by atoms with Crippen molar-refractivity contribution in [3.05, 3.63) is 52.9 Å². The molecule has 7 nitrogen and oxygen atoms in total. The lowest BCUT2D eigenvalue weighted by atomic mass is 10.1. The lowest BCUT2D eigenvalue weighted by molar-refractivity contribution is -0.127. The van der Waals surface area contributed by atoms with E-state index < -0.39 is 10.0 Å². The summed E-state index contributed by atoms with van der Waals surface area (Å²) in [5, 5.41) is 3.73. The molecule has 0 atom stereocenters. The molecule has 1 aliphatic rings. The fraction of sp³-hybridized carbons (Fsp3) is 0.368. The summed E-state index contributed by atoms with van der Waals surface area (Å²) in [4.78, 5) is 14.2.